The third kappa shape index (κ3) is 5.38. The molecule has 0 spiro atoms. The fourth-order valence-electron chi connectivity index (χ4n) is 7.28. The molecular formula is C43H41N5O. The number of aryl methyl sites for hydroxylation is 1. The van der Waals surface area contributed by atoms with Gasteiger partial charge in [-0.15, -0.1) is 0 Å². The third-order valence-corrected chi connectivity index (χ3v) is 9.64. The molecule has 0 saturated carbocycles. The molecule has 1 aliphatic heterocycles. The number of para-hydroxylation sites is 2. The largest absolute Gasteiger partial charge is 0.457 e. The van der Waals surface area contributed by atoms with E-state index < -0.39 is 0 Å². The lowest BCUT2D eigenvalue weighted by molar-refractivity contribution is 0.483. The molecule has 1 aliphatic rings. The number of rotatable bonds is 7. The van der Waals surface area contributed by atoms with Gasteiger partial charge in [0.2, 0.25) is 0 Å². The predicted molar refractivity (Wildman–Crippen MR) is 203 cm³/mol. The van der Waals surface area contributed by atoms with E-state index in [9.17, 15) is 0 Å². The number of nitrogens with zero attached hydrogens (tertiary/aromatic N) is 5. The molecule has 0 radical (unpaired) electrons. The quantitative estimate of drug-likeness (QED) is 0.173. The Hall–Kier alpha value is -5.62. The standard InChI is InChI=1S/C43H41N5O/c1-27(2)32-12-11-13-33(28(3)4)43(32)36-23-31(25-42(45-36)47-26-46(6)37-14-7-8-15-38(37)47)49-30-18-20-35-34-19-17-29(5)22-39(34)48(40(35)24-30)41-16-9-10-21-44-41/h7-25,27-28H,26H2,1-6H3. The molecule has 0 saturated heterocycles. The van der Waals surface area contributed by atoms with E-state index in [1.165, 1.54) is 33.3 Å². The van der Waals surface area contributed by atoms with Crippen molar-refractivity contribution in [1.29, 1.82) is 0 Å². The second kappa shape index (κ2) is 12.1. The maximum Gasteiger partial charge on any atom is 0.138 e. The molecule has 7 aromatic rings. The lowest BCUT2D eigenvalue weighted by Crippen LogP contribution is -2.24. The minimum absolute atomic E-state index is 0.335. The van der Waals surface area contributed by atoms with E-state index in [1.54, 1.807) is 0 Å². The van der Waals surface area contributed by atoms with E-state index in [0.717, 1.165) is 50.9 Å². The van der Waals surface area contributed by atoms with Gasteiger partial charge in [0.05, 0.1) is 34.8 Å². The number of hydrogen-bond acceptors (Lipinski definition) is 5. The van der Waals surface area contributed by atoms with Crippen molar-refractivity contribution in [3.63, 3.8) is 0 Å². The minimum Gasteiger partial charge on any atom is -0.457 e. The van der Waals surface area contributed by atoms with Crippen LogP contribution in [0.4, 0.5) is 17.2 Å². The predicted octanol–water partition coefficient (Wildman–Crippen LogP) is 11.1. The van der Waals surface area contributed by atoms with E-state index in [4.69, 9.17) is 14.7 Å². The van der Waals surface area contributed by atoms with Crippen molar-refractivity contribution in [2.24, 2.45) is 0 Å². The Bertz CT molecular complexity index is 2310. The van der Waals surface area contributed by atoms with Gasteiger partial charge in [0.25, 0.3) is 0 Å². The molecule has 3 aromatic heterocycles. The second-order valence-corrected chi connectivity index (χ2v) is 13.7. The topological polar surface area (TPSA) is 46.4 Å². The van der Waals surface area contributed by atoms with Crippen LogP contribution in [0.15, 0.2) is 115 Å². The molecule has 4 heterocycles. The number of anilines is 3. The minimum atomic E-state index is 0.335. The first-order valence-electron chi connectivity index (χ1n) is 17.1. The van der Waals surface area contributed by atoms with Gasteiger partial charge in [0.1, 0.15) is 23.1 Å². The number of fused-ring (bicyclic) bond motifs is 4. The molecule has 4 aromatic carbocycles. The number of pyridine rings is 2. The summed E-state index contributed by atoms with van der Waals surface area (Å²) in [6.07, 6.45) is 1.84. The summed E-state index contributed by atoms with van der Waals surface area (Å²) in [5.41, 5.74) is 10.4. The van der Waals surface area contributed by atoms with Gasteiger partial charge in [-0.2, -0.15) is 0 Å². The molecule has 8 rings (SSSR count). The van der Waals surface area contributed by atoms with E-state index >= 15 is 0 Å². The molecular weight excluding hydrogens is 603 g/mol. The fourth-order valence-corrected chi connectivity index (χ4v) is 7.28. The Morgan fingerprint density at radius 3 is 2.06 bits per heavy atom. The summed E-state index contributed by atoms with van der Waals surface area (Å²) in [5, 5.41) is 2.35. The molecule has 0 atom stereocenters. The van der Waals surface area contributed by atoms with Crippen molar-refractivity contribution < 1.29 is 4.74 Å². The SMILES string of the molecule is Cc1ccc2c3ccc(Oc4cc(-c5c(C(C)C)cccc5C(C)C)nc(N5CN(C)c6ccccc65)c4)cc3n(-c3ccccn3)c2c1. The highest BCUT2D eigenvalue weighted by Crippen LogP contribution is 2.44. The number of ether oxygens (including phenoxy) is 1. The summed E-state index contributed by atoms with van der Waals surface area (Å²) in [6, 6.07) is 38.4. The zero-order valence-electron chi connectivity index (χ0n) is 29.0. The van der Waals surface area contributed by atoms with Crippen LogP contribution >= 0.6 is 0 Å². The third-order valence-electron chi connectivity index (χ3n) is 9.64. The highest BCUT2D eigenvalue weighted by atomic mass is 16.5. The zero-order chi connectivity index (χ0) is 33.8. The Morgan fingerprint density at radius 2 is 1.35 bits per heavy atom. The molecule has 0 aliphatic carbocycles. The summed E-state index contributed by atoms with van der Waals surface area (Å²) in [4.78, 5) is 14.7. The first-order chi connectivity index (χ1) is 23.8. The van der Waals surface area contributed by atoms with Crippen molar-refractivity contribution in [1.82, 2.24) is 14.5 Å². The van der Waals surface area contributed by atoms with Gasteiger partial charge in [-0.3, -0.25) is 4.57 Å². The van der Waals surface area contributed by atoms with Crippen LogP contribution in [0.5, 0.6) is 11.5 Å². The van der Waals surface area contributed by atoms with Crippen LogP contribution in [0.1, 0.15) is 56.2 Å². The molecule has 49 heavy (non-hydrogen) atoms. The summed E-state index contributed by atoms with van der Waals surface area (Å²) in [7, 11) is 2.13. The molecule has 0 bridgehead atoms. The van der Waals surface area contributed by atoms with Crippen LogP contribution in [0.3, 0.4) is 0 Å². The smallest absolute Gasteiger partial charge is 0.138 e. The molecule has 0 unspecified atom stereocenters. The highest BCUT2D eigenvalue weighted by Gasteiger charge is 2.27. The summed E-state index contributed by atoms with van der Waals surface area (Å²) >= 11 is 0. The Kier molecular flexibility index (Phi) is 7.59. The Morgan fingerprint density at radius 1 is 0.653 bits per heavy atom. The lowest BCUT2D eigenvalue weighted by Gasteiger charge is -2.23. The number of hydrogen-bond donors (Lipinski definition) is 0. The first-order valence-corrected chi connectivity index (χ1v) is 17.1. The molecule has 244 valence electrons. The van der Waals surface area contributed by atoms with Crippen LogP contribution in [-0.2, 0) is 0 Å². The number of aromatic nitrogens is 3. The summed E-state index contributed by atoms with van der Waals surface area (Å²) in [5.74, 6) is 3.91. The Labute approximate surface area is 288 Å². The molecule has 6 heteroatoms. The molecule has 0 fully saturated rings. The second-order valence-electron chi connectivity index (χ2n) is 13.7. The number of benzene rings is 4. The zero-order valence-corrected chi connectivity index (χ0v) is 29.0. The van der Waals surface area contributed by atoms with E-state index in [0.29, 0.717) is 18.5 Å². The molecule has 0 N–H and O–H groups in total. The highest BCUT2D eigenvalue weighted by molar-refractivity contribution is 6.09. The van der Waals surface area contributed by atoms with Gasteiger partial charge < -0.3 is 14.5 Å². The van der Waals surface area contributed by atoms with E-state index in [2.05, 4.69) is 153 Å². The summed E-state index contributed by atoms with van der Waals surface area (Å²) in [6.45, 7) is 11.9. The normalized spacial score (nSPS) is 12.9. The first kappa shape index (κ1) is 30.7. The van der Waals surface area contributed by atoms with Gasteiger partial charge in [-0.05, 0) is 77.9 Å². The van der Waals surface area contributed by atoms with Crippen molar-refractivity contribution in [2.75, 3.05) is 23.5 Å². The van der Waals surface area contributed by atoms with Crippen molar-refractivity contribution >= 4 is 39.0 Å². The van der Waals surface area contributed by atoms with Gasteiger partial charge in [0, 0.05) is 47.8 Å². The van der Waals surface area contributed by atoms with E-state index in [-0.39, 0.29) is 0 Å². The Balaban J connectivity index is 1.31. The van der Waals surface area contributed by atoms with Gasteiger partial charge >= 0.3 is 0 Å². The van der Waals surface area contributed by atoms with Crippen molar-refractivity contribution in [3.8, 4) is 28.6 Å². The molecule has 0 amide bonds. The van der Waals surface area contributed by atoms with Crippen LogP contribution in [-0.4, -0.2) is 28.3 Å². The van der Waals surface area contributed by atoms with Gasteiger partial charge in [-0.1, -0.05) is 76.2 Å². The lowest BCUT2D eigenvalue weighted by atomic mass is 9.87. The summed E-state index contributed by atoms with van der Waals surface area (Å²) < 4.78 is 9.10. The van der Waals surface area contributed by atoms with Crippen LogP contribution in [0, 0.1) is 6.92 Å². The van der Waals surface area contributed by atoms with Crippen LogP contribution in [0.25, 0.3) is 38.9 Å². The fraction of sp³-hybridized carbons (Fsp3) is 0.209. The van der Waals surface area contributed by atoms with Gasteiger partial charge in [0.15, 0.2) is 0 Å². The maximum absolute atomic E-state index is 6.86. The average Bonchev–Trinajstić information content (AvgIpc) is 3.61. The average molecular weight is 644 g/mol. The maximum atomic E-state index is 6.86. The monoisotopic (exact) mass is 643 g/mol. The van der Waals surface area contributed by atoms with Crippen molar-refractivity contribution in [3.05, 3.63) is 132 Å². The van der Waals surface area contributed by atoms with Crippen LogP contribution in [0.2, 0.25) is 0 Å². The molecule has 6 nitrogen and oxygen atoms in total. The van der Waals surface area contributed by atoms with E-state index in [1.807, 2.05) is 18.3 Å². The van der Waals surface area contributed by atoms with Gasteiger partial charge in [-0.25, -0.2) is 9.97 Å². The van der Waals surface area contributed by atoms with Crippen molar-refractivity contribution in [2.45, 2.75) is 46.5 Å². The van der Waals surface area contributed by atoms with Crippen LogP contribution < -0.4 is 14.5 Å².